The molecule has 0 bridgehead atoms. The average Bonchev–Trinajstić information content (AvgIpc) is 2.72. The van der Waals surface area contributed by atoms with Gasteiger partial charge in [0.25, 0.3) is 5.92 Å². The highest BCUT2D eigenvalue weighted by atomic mass is 19.3. The molecule has 1 fully saturated rings. The van der Waals surface area contributed by atoms with Crippen LogP contribution in [0.25, 0.3) is 0 Å². The fraction of sp³-hybridized carbons (Fsp3) is 0.385. The van der Waals surface area contributed by atoms with Crippen LogP contribution >= 0.6 is 0 Å². The maximum absolute atomic E-state index is 13.2. The van der Waals surface area contributed by atoms with Crippen molar-refractivity contribution in [2.45, 2.75) is 25.0 Å². The van der Waals surface area contributed by atoms with E-state index in [0.29, 0.717) is 0 Å². The molecule has 100 valence electrons. The highest BCUT2D eigenvalue weighted by Gasteiger charge is 2.47. The van der Waals surface area contributed by atoms with Gasteiger partial charge in [-0.1, -0.05) is 30.3 Å². The van der Waals surface area contributed by atoms with Gasteiger partial charge in [-0.15, -0.1) is 0 Å². The predicted molar refractivity (Wildman–Crippen MR) is 62.3 cm³/mol. The SMILES string of the molecule is N#CC1CC(F)(F)CN1C(=O)OCc1ccccc1. The smallest absolute Gasteiger partial charge is 0.411 e. The molecule has 1 aliphatic heterocycles. The predicted octanol–water partition coefficient (Wildman–Crippen LogP) is 2.56. The minimum Gasteiger partial charge on any atom is -0.445 e. The normalized spacial score (nSPS) is 20.9. The molecular weight excluding hydrogens is 254 g/mol. The van der Waals surface area contributed by atoms with E-state index in [9.17, 15) is 13.6 Å². The Morgan fingerprint density at radius 3 is 2.79 bits per heavy atom. The van der Waals surface area contributed by atoms with Crippen LogP contribution in [0, 0.1) is 11.3 Å². The Hall–Kier alpha value is -2.16. The molecule has 1 aliphatic rings. The summed E-state index contributed by atoms with van der Waals surface area (Å²) in [6.07, 6.45) is -1.52. The molecule has 0 aliphatic carbocycles. The van der Waals surface area contributed by atoms with Crippen molar-refractivity contribution in [1.82, 2.24) is 4.90 Å². The second-order valence-electron chi connectivity index (χ2n) is 4.37. The number of amides is 1. The van der Waals surface area contributed by atoms with Crippen LogP contribution in [0.5, 0.6) is 0 Å². The summed E-state index contributed by atoms with van der Waals surface area (Å²) in [6.45, 7) is -0.765. The van der Waals surface area contributed by atoms with Crippen molar-refractivity contribution in [3.63, 3.8) is 0 Å². The van der Waals surface area contributed by atoms with Crippen molar-refractivity contribution < 1.29 is 18.3 Å². The standard InChI is InChI=1S/C13H12F2N2O2/c14-13(15)6-11(7-16)17(9-13)12(18)19-8-10-4-2-1-3-5-10/h1-5,11H,6,8-9H2. The van der Waals surface area contributed by atoms with Crippen molar-refractivity contribution in [3.05, 3.63) is 35.9 Å². The van der Waals surface area contributed by atoms with Crippen LogP contribution in [0.15, 0.2) is 30.3 Å². The summed E-state index contributed by atoms with van der Waals surface area (Å²) >= 11 is 0. The van der Waals surface area contributed by atoms with Crippen LogP contribution < -0.4 is 0 Å². The van der Waals surface area contributed by atoms with Gasteiger partial charge >= 0.3 is 6.09 Å². The molecule has 1 heterocycles. The second kappa shape index (κ2) is 5.22. The molecule has 1 unspecified atom stereocenters. The third-order valence-corrected chi connectivity index (χ3v) is 2.86. The van der Waals surface area contributed by atoms with E-state index in [0.717, 1.165) is 10.5 Å². The van der Waals surface area contributed by atoms with Crippen LogP contribution in [-0.2, 0) is 11.3 Å². The summed E-state index contributed by atoms with van der Waals surface area (Å²) in [6, 6.07) is 9.47. The van der Waals surface area contributed by atoms with Gasteiger partial charge in [-0.25, -0.2) is 13.6 Å². The molecule has 19 heavy (non-hydrogen) atoms. The molecular formula is C13H12F2N2O2. The highest BCUT2D eigenvalue weighted by molar-refractivity contribution is 5.69. The number of benzene rings is 1. The molecule has 0 radical (unpaired) electrons. The number of hydrogen-bond acceptors (Lipinski definition) is 3. The minimum absolute atomic E-state index is 0.000106. The molecule has 1 amide bonds. The van der Waals surface area contributed by atoms with Crippen LogP contribution in [0.1, 0.15) is 12.0 Å². The first-order chi connectivity index (χ1) is 9.02. The number of carbonyl (C=O) groups is 1. The number of carbonyl (C=O) groups excluding carboxylic acids is 1. The Morgan fingerprint density at radius 1 is 1.47 bits per heavy atom. The van der Waals surface area contributed by atoms with Crippen LogP contribution in [-0.4, -0.2) is 29.5 Å². The van der Waals surface area contributed by atoms with E-state index in [1.807, 2.05) is 6.07 Å². The monoisotopic (exact) mass is 266 g/mol. The van der Waals surface area contributed by atoms with E-state index in [-0.39, 0.29) is 6.61 Å². The number of rotatable bonds is 2. The van der Waals surface area contributed by atoms with Crippen molar-refractivity contribution in [3.8, 4) is 6.07 Å². The van der Waals surface area contributed by atoms with Crippen molar-refractivity contribution in [2.75, 3.05) is 6.54 Å². The lowest BCUT2D eigenvalue weighted by atomic mass is 10.2. The van der Waals surface area contributed by atoms with Crippen molar-refractivity contribution in [2.24, 2.45) is 0 Å². The number of halogens is 2. The number of hydrogen-bond donors (Lipinski definition) is 0. The Balaban J connectivity index is 1.95. The maximum atomic E-state index is 13.2. The van der Waals surface area contributed by atoms with Gasteiger partial charge < -0.3 is 4.74 Å². The Kier molecular flexibility index (Phi) is 3.65. The molecule has 2 rings (SSSR count). The first-order valence-corrected chi connectivity index (χ1v) is 5.76. The zero-order valence-corrected chi connectivity index (χ0v) is 10.1. The van der Waals surface area contributed by atoms with Crippen molar-refractivity contribution >= 4 is 6.09 Å². The van der Waals surface area contributed by atoms with E-state index in [1.165, 1.54) is 0 Å². The molecule has 1 saturated heterocycles. The topological polar surface area (TPSA) is 53.3 Å². The van der Waals surface area contributed by atoms with Gasteiger partial charge in [-0.05, 0) is 5.56 Å². The average molecular weight is 266 g/mol. The largest absolute Gasteiger partial charge is 0.445 e. The zero-order chi connectivity index (χ0) is 13.9. The van der Waals surface area contributed by atoms with E-state index >= 15 is 0 Å². The Labute approximate surface area is 109 Å². The van der Waals surface area contributed by atoms with E-state index < -0.39 is 31.0 Å². The number of likely N-dealkylation sites (tertiary alicyclic amines) is 1. The lowest BCUT2D eigenvalue weighted by Gasteiger charge is -2.18. The fourth-order valence-corrected chi connectivity index (χ4v) is 1.93. The molecule has 0 saturated carbocycles. The summed E-state index contributed by atoms with van der Waals surface area (Å²) in [4.78, 5) is 12.5. The first kappa shape index (κ1) is 13.3. The minimum atomic E-state index is -3.02. The molecule has 1 aromatic carbocycles. The van der Waals surface area contributed by atoms with Gasteiger partial charge in [0.05, 0.1) is 12.6 Å². The molecule has 4 nitrogen and oxygen atoms in total. The molecule has 1 atom stereocenters. The number of nitrogens with zero attached hydrogens (tertiary/aromatic N) is 2. The molecule has 1 aromatic rings. The summed E-state index contributed by atoms with van der Waals surface area (Å²) < 4.78 is 31.2. The number of alkyl halides is 2. The van der Waals surface area contributed by atoms with E-state index in [4.69, 9.17) is 10.00 Å². The van der Waals surface area contributed by atoms with Gasteiger partial charge in [0.2, 0.25) is 0 Å². The first-order valence-electron chi connectivity index (χ1n) is 5.76. The quantitative estimate of drug-likeness (QED) is 0.826. The van der Waals surface area contributed by atoms with Gasteiger partial charge in [0, 0.05) is 6.42 Å². The lowest BCUT2D eigenvalue weighted by Crippen LogP contribution is -2.36. The van der Waals surface area contributed by atoms with Gasteiger partial charge in [0.1, 0.15) is 12.6 Å². The van der Waals surface area contributed by atoms with Crippen LogP contribution in [0.4, 0.5) is 13.6 Å². The van der Waals surface area contributed by atoms with Gasteiger partial charge in [-0.3, -0.25) is 4.90 Å². The zero-order valence-electron chi connectivity index (χ0n) is 10.1. The fourth-order valence-electron chi connectivity index (χ4n) is 1.93. The Morgan fingerprint density at radius 2 is 2.16 bits per heavy atom. The second-order valence-corrected chi connectivity index (χ2v) is 4.37. The third-order valence-electron chi connectivity index (χ3n) is 2.86. The van der Waals surface area contributed by atoms with Crippen LogP contribution in [0.3, 0.4) is 0 Å². The summed E-state index contributed by atoms with van der Waals surface area (Å²) in [7, 11) is 0. The Bertz CT molecular complexity index is 499. The number of nitriles is 1. The van der Waals surface area contributed by atoms with E-state index in [2.05, 4.69) is 0 Å². The molecule has 0 N–H and O–H groups in total. The highest BCUT2D eigenvalue weighted by Crippen LogP contribution is 2.32. The number of ether oxygens (including phenoxy) is 1. The summed E-state index contributed by atoms with van der Waals surface area (Å²) in [5.74, 6) is -3.02. The summed E-state index contributed by atoms with van der Waals surface area (Å²) in [5, 5.41) is 8.77. The lowest BCUT2D eigenvalue weighted by molar-refractivity contribution is 0.0101. The molecule has 6 heteroatoms. The third kappa shape index (κ3) is 3.19. The van der Waals surface area contributed by atoms with Crippen LogP contribution in [0.2, 0.25) is 0 Å². The van der Waals surface area contributed by atoms with Crippen molar-refractivity contribution in [1.29, 1.82) is 5.26 Å². The maximum Gasteiger partial charge on any atom is 0.411 e. The molecule has 0 spiro atoms. The molecule has 0 aromatic heterocycles. The van der Waals surface area contributed by atoms with Gasteiger partial charge in [0.15, 0.2) is 0 Å². The van der Waals surface area contributed by atoms with Gasteiger partial charge in [-0.2, -0.15) is 5.26 Å². The summed E-state index contributed by atoms with van der Waals surface area (Å²) in [5.41, 5.74) is 0.760. The van der Waals surface area contributed by atoms with E-state index in [1.54, 1.807) is 30.3 Å².